The minimum Gasteiger partial charge on any atom is -0.295 e. The molecule has 208 valence electrons. The molecule has 1 aromatic rings. The van der Waals surface area contributed by atoms with Crippen LogP contribution >= 0.6 is 0 Å². The fourth-order valence-electron chi connectivity index (χ4n) is 10.7. The molecule has 1 aromatic heterocycles. The Morgan fingerprint density at radius 2 is 1.74 bits per heavy atom. The van der Waals surface area contributed by atoms with Crippen molar-refractivity contribution in [1.82, 2.24) is 14.8 Å². The second-order valence-electron chi connectivity index (χ2n) is 15.7. The number of hydrogen-bond acceptors (Lipinski definition) is 5. The molecule has 3 saturated carbocycles. The summed E-state index contributed by atoms with van der Waals surface area (Å²) in [4.78, 5) is 32.1. The van der Waals surface area contributed by atoms with E-state index in [1.807, 2.05) is 37.0 Å². The minimum absolute atomic E-state index is 0.0407. The van der Waals surface area contributed by atoms with Crippen molar-refractivity contribution in [3.8, 4) is 6.07 Å². The number of carbonyl (C=O) groups is 2. The monoisotopic (exact) mass is 528 g/mol. The largest absolute Gasteiger partial charge is 0.295 e. The van der Waals surface area contributed by atoms with E-state index >= 15 is 0 Å². The standard InChI is InChI=1S/C33H44N4O2/c1-28(2)10-12-33(18-37-20-35-19-36-37)13-11-32(7)26(22(33)16-28)23(38)14-25-30(5)15-21(17-34)27(39)29(3,4)24(30)8-9-31(25,32)6/h14-15,19-20,22,24,26H,8-13,16,18H2,1-7H3/t22?,24?,26-,30-,31+,32+,33+/m0/s1. The lowest BCUT2D eigenvalue weighted by Gasteiger charge is -2.69. The molecular formula is C33H44N4O2. The Labute approximate surface area is 233 Å². The van der Waals surface area contributed by atoms with Crippen LogP contribution in [-0.4, -0.2) is 26.3 Å². The zero-order chi connectivity index (χ0) is 28.2. The molecule has 39 heavy (non-hydrogen) atoms. The normalized spacial score (nSPS) is 44.1. The fourth-order valence-corrected chi connectivity index (χ4v) is 10.7. The summed E-state index contributed by atoms with van der Waals surface area (Å²) < 4.78 is 1.99. The van der Waals surface area contributed by atoms with Crippen LogP contribution in [-0.2, 0) is 16.1 Å². The summed E-state index contributed by atoms with van der Waals surface area (Å²) in [5.41, 5.74) is 0.185. The lowest BCUT2D eigenvalue weighted by Crippen LogP contribution is -2.65. The molecule has 7 atom stereocenters. The van der Waals surface area contributed by atoms with Crippen molar-refractivity contribution in [2.24, 2.45) is 50.2 Å². The molecule has 1 heterocycles. The van der Waals surface area contributed by atoms with Crippen LogP contribution in [0.3, 0.4) is 0 Å². The Bertz CT molecular complexity index is 1350. The van der Waals surface area contributed by atoms with Crippen molar-refractivity contribution >= 4 is 11.6 Å². The highest BCUT2D eigenvalue weighted by molar-refractivity contribution is 6.04. The first kappa shape index (κ1) is 26.7. The molecule has 3 fully saturated rings. The number of carbonyl (C=O) groups excluding carboxylic acids is 2. The lowest BCUT2D eigenvalue weighted by atomic mass is 9.34. The van der Waals surface area contributed by atoms with E-state index in [1.165, 1.54) is 12.0 Å². The molecule has 6 heteroatoms. The van der Waals surface area contributed by atoms with Gasteiger partial charge in [-0.25, -0.2) is 4.98 Å². The molecule has 0 N–H and O–H groups in total. The summed E-state index contributed by atoms with van der Waals surface area (Å²) in [5, 5.41) is 14.4. The van der Waals surface area contributed by atoms with Crippen molar-refractivity contribution in [1.29, 1.82) is 5.26 Å². The number of nitrogens with zero attached hydrogens (tertiary/aromatic N) is 4. The van der Waals surface area contributed by atoms with Gasteiger partial charge >= 0.3 is 0 Å². The molecule has 0 amide bonds. The van der Waals surface area contributed by atoms with Gasteiger partial charge in [-0.2, -0.15) is 10.4 Å². The quantitative estimate of drug-likeness (QED) is 0.437. The molecule has 6 rings (SSSR count). The van der Waals surface area contributed by atoms with Gasteiger partial charge in [0.15, 0.2) is 11.6 Å². The third kappa shape index (κ3) is 3.37. The molecule has 2 unspecified atom stereocenters. The first-order valence-electron chi connectivity index (χ1n) is 14.9. The predicted octanol–water partition coefficient (Wildman–Crippen LogP) is 6.50. The second-order valence-corrected chi connectivity index (χ2v) is 15.7. The van der Waals surface area contributed by atoms with Gasteiger partial charge in [0.05, 0.1) is 5.57 Å². The van der Waals surface area contributed by atoms with Crippen LogP contribution in [0, 0.1) is 61.6 Å². The molecule has 5 aliphatic carbocycles. The van der Waals surface area contributed by atoms with E-state index in [0.29, 0.717) is 0 Å². The Balaban J connectivity index is 1.50. The third-order valence-corrected chi connectivity index (χ3v) is 13.0. The number of hydrogen-bond donors (Lipinski definition) is 0. The molecule has 0 spiro atoms. The van der Waals surface area contributed by atoms with Crippen LogP contribution in [0.25, 0.3) is 0 Å². The predicted molar refractivity (Wildman–Crippen MR) is 149 cm³/mol. The number of rotatable bonds is 2. The van der Waals surface area contributed by atoms with E-state index in [4.69, 9.17) is 0 Å². The molecule has 6 nitrogen and oxygen atoms in total. The average molecular weight is 529 g/mol. The molecule has 0 aromatic carbocycles. The molecule has 0 saturated heterocycles. The fraction of sp³-hybridized carbons (Fsp3) is 0.727. The molecule has 5 aliphatic rings. The molecule has 0 bridgehead atoms. The number of nitriles is 1. The van der Waals surface area contributed by atoms with E-state index in [-0.39, 0.29) is 56.6 Å². The molecule has 0 radical (unpaired) electrons. The highest BCUT2D eigenvalue weighted by atomic mass is 16.1. The Hall–Kier alpha value is -2.55. The van der Waals surface area contributed by atoms with Crippen LogP contribution in [0.1, 0.15) is 93.4 Å². The van der Waals surface area contributed by atoms with Gasteiger partial charge in [-0.1, -0.05) is 60.1 Å². The van der Waals surface area contributed by atoms with E-state index in [2.05, 4.69) is 50.8 Å². The summed E-state index contributed by atoms with van der Waals surface area (Å²) in [7, 11) is 0. The summed E-state index contributed by atoms with van der Waals surface area (Å²) in [5.74, 6) is 0.527. The van der Waals surface area contributed by atoms with Gasteiger partial charge in [-0.05, 0) is 84.5 Å². The van der Waals surface area contributed by atoms with Gasteiger partial charge in [0, 0.05) is 23.3 Å². The highest BCUT2D eigenvalue weighted by Crippen LogP contribution is 2.74. The Morgan fingerprint density at radius 3 is 2.41 bits per heavy atom. The number of aromatic nitrogens is 3. The summed E-state index contributed by atoms with van der Waals surface area (Å²) in [6.45, 7) is 16.6. The number of ketones is 2. The van der Waals surface area contributed by atoms with Crippen molar-refractivity contribution in [2.75, 3.05) is 0 Å². The zero-order valence-electron chi connectivity index (χ0n) is 24.8. The first-order chi connectivity index (χ1) is 18.1. The van der Waals surface area contributed by atoms with Crippen LogP contribution in [0.15, 0.2) is 36.0 Å². The number of Topliss-reactive ketones (excluding diaryl/α,β-unsaturated/α-hetero) is 1. The average Bonchev–Trinajstić information content (AvgIpc) is 3.36. The minimum atomic E-state index is -0.634. The van der Waals surface area contributed by atoms with Crippen LogP contribution in [0.4, 0.5) is 0 Å². The Morgan fingerprint density at radius 1 is 1.03 bits per heavy atom. The Kier molecular flexibility index (Phi) is 5.48. The maximum Gasteiger partial charge on any atom is 0.178 e. The van der Waals surface area contributed by atoms with Gasteiger partial charge in [-0.3, -0.25) is 14.3 Å². The number of fused-ring (bicyclic) bond motifs is 7. The smallest absolute Gasteiger partial charge is 0.178 e. The summed E-state index contributed by atoms with van der Waals surface area (Å²) in [6, 6.07) is 2.21. The van der Waals surface area contributed by atoms with Crippen LogP contribution < -0.4 is 0 Å². The van der Waals surface area contributed by atoms with Gasteiger partial charge in [-0.15, -0.1) is 0 Å². The maximum atomic E-state index is 14.6. The molecule has 0 aliphatic heterocycles. The first-order valence-corrected chi connectivity index (χ1v) is 14.9. The molecular weight excluding hydrogens is 484 g/mol. The van der Waals surface area contributed by atoms with Crippen molar-refractivity contribution in [2.45, 2.75) is 100.0 Å². The van der Waals surface area contributed by atoms with Gasteiger partial charge < -0.3 is 0 Å². The summed E-state index contributed by atoms with van der Waals surface area (Å²) in [6.07, 6.45) is 14.7. The zero-order valence-corrected chi connectivity index (χ0v) is 24.8. The summed E-state index contributed by atoms with van der Waals surface area (Å²) >= 11 is 0. The van der Waals surface area contributed by atoms with Gasteiger partial charge in [0.25, 0.3) is 0 Å². The number of allylic oxidation sites excluding steroid dienone is 4. The third-order valence-electron chi connectivity index (χ3n) is 13.0. The van der Waals surface area contributed by atoms with Crippen molar-refractivity contribution in [3.05, 3.63) is 36.0 Å². The van der Waals surface area contributed by atoms with E-state index < -0.39 is 10.8 Å². The SMILES string of the molecule is CC1(C)CC[C@]2(Cn3cncn3)CC[C@]3(C)[C@H](C(=O)C=C4[C@@]5(C)C=C(C#N)C(=O)C(C)(C)C5CC[C@]43C)C2C1. The van der Waals surface area contributed by atoms with E-state index in [9.17, 15) is 14.9 Å². The van der Waals surface area contributed by atoms with Crippen LogP contribution in [0.2, 0.25) is 0 Å². The maximum absolute atomic E-state index is 14.6. The highest BCUT2D eigenvalue weighted by Gasteiger charge is 2.69. The van der Waals surface area contributed by atoms with E-state index in [0.717, 1.165) is 45.1 Å². The topological polar surface area (TPSA) is 88.6 Å². The van der Waals surface area contributed by atoms with Gasteiger partial charge in [0.1, 0.15) is 18.7 Å². The lowest BCUT2D eigenvalue weighted by molar-refractivity contribution is -0.174. The van der Waals surface area contributed by atoms with Crippen molar-refractivity contribution in [3.63, 3.8) is 0 Å². The second kappa shape index (κ2) is 8.02. The van der Waals surface area contributed by atoms with Crippen LogP contribution in [0.5, 0.6) is 0 Å². The van der Waals surface area contributed by atoms with Gasteiger partial charge in [0.2, 0.25) is 0 Å². The van der Waals surface area contributed by atoms with Crippen molar-refractivity contribution < 1.29 is 9.59 Å². The van der Waals surface area contributed by atoms with E-state index in [1.54, 1.807) is 6.33 Å².